The number of amides is 1. The van der Waals surface area contributed by atoms with Crippen molar-refractivity contribution in [2.75, 3.05) is 26.2 Å². The van der Waals surface area contributed by atoms with E-state index in [1.165, 1.54) is 11.0 Å². The highest BCUT2D eigenvalue weighted by Crippen LogP contribution is 2.15. The number of carboxylic acids is 1. The Kier molecular flexibility index (Phi) is 5.51. The van der Waals surface area contributed by atoms with E-state index in [0.29, 0.717) is 6.54 Å². The molecule has 0 radical (unpaired) electrons. The average molecular weight is 348 g/mol. The summed E-state index contributed by atoms with van der Waals surface area (Å²) in [5, 5.41) is 10.4. The van der Waals surface area contributed by atoms with Gasteiger partial charge in [0.25, 0.3) is 10.0 Å². The van der Waals surface area contributed by atoms with Crippen LogP contribution in [0.15, 0.2) is 21.7 Å². The van der Waals surface area contributed by atoms with Crippen LogP contribution in [0.5, 0.6) is 0 Å². The molecule has 1 aliphatic heterocycles. The first kappa shape index (κ1) is 16.9. The number of morpholine rings is 1. The van der Waals surface area contributed by atoms with Gasteiger partial charge in [-0.2, -0.15) is 0 Å². The number of nitrogens with zero attached hydrogens (tertiary/aromatic N) is 1. The van der Waals surface area contributed by atoms with Crippen LogP contribution in [0.4, 0.5) is 0 Å². The molecule has 1 fully saturated rings. The third-order valence-corrected chi connectivity index (χ3v) is 5.87. The number of sulfonamides is 1. The monoisotopic (exact) mass is 348 g/mol. The quantitative estimate of drug-likeness (QED) is 0.732. The molecular formula is C12H16N2O6S2. The number of ether oxygens (including phenoxy) is 1. The maximum Gasteiger partial charge on any atom is 0.306 e. The minimum absolute atomic E-state index is 0.144. The van der Waals surface area contributed by atoms with E-state index in [2.05, 4.69) is 4.72 Å². The van der Waals surface area contributed by atoms with Gasteiger partial charge in [0.1, 0.15) is 4.21 Å². The van der Waals surface area contributed by atoms with Crippen molar-refractivity contribution in [1.29, 1.82) is 0 Å². The van der Waals surface area contributed by atoms with E-state index in [-0.39, 0.29) is 30.3 Å². The maximum absolute atomic E-state index is 12.0. The first-order valence-corrected chi connectivity index (χ1v) is 8.89. The van der Waals surface area contributed by atoms with Crippen LogP contribution in [-0.2, 0) is 24.3 Å². The number of hydrogen-bond acceptors (Lipinski definition) is 6. The lowest BCUT2D eigenvalue weighted by atomic mass is 10.2. The summed E-state index contributed by atoms with van der Waals surface area (Å²) in [5.74, 6) is -1.41. The molecule has 8 nitrogen and oxygen atoms in total. The Labute approximate surface area is 131 Å². The predicted octanol–water partition coefficient (Wildman–Crippen LogP) is -0.271. The molecule has 1 atom stereocenters. The highest BCUT2D eigenvalue weighted by Gasteiger charge is 2.26. The van der Waals surface area contributed by atoms with Gasteiger partial charge in [-0.1, -0.05) is 6.07 Å². The summed E-state index contributed by atoms with van der Waals surface area (Å²) in [5.41, 5.74) is 0. The number of rotatable bonds is 6. The predicted molar refractivity (Wildman–Crippen MR) is 78.1 cm³/mol. The molecule has 1 unspecified atom stereocenters. The van der Waals surface area contributed by atoms with E-state index < -0.39 is 28.0 Å². The standard InChI is InChI=1S/C12H16N2O6S2/c15-10(7-13-22(18,19)12-2-1-5-21-12)14-3-4-20-9(8-14)6-11(16)17/h1-2,5,9,13H,3-4,6-8H2,(H,16,17). The van der Waals surface area contributed by atoms with Crippen LogP contribution in [-0.4, -0.2) is 62.6 Å². The summed E-state index contributed by atoms with van der Waals surface area (Å²) in [6.45, 7) is 0.336. The topological polar surface area (TPSA) is 113 Å². The summed E-state index contributed by atoms with van der Waals surface area (Å²) in [7, 11) is -3.69. The van der Waals surface area contributed by atoms with Gasteiger partial charge in [-0.15, -0.1) is 11.3 Å². The van der Waals surface area contributed by atoms with Crippen molar-refractivity contribution in [3.63, 3.8) is 0 Å². The van der Waals surface area contributed by atoms with E-state index in [1.807, 2.05) is 0 Å². The second-order valence-electron chi connectivity index (χ2n) is 4.69. The zero-order chi connectivity index (χ0) is 16.2. The third-order valence-electron chi connectivity index (χ3n) is 3.07. The van der Waals surface area contributed by atoms with Gasteiger partial charge in [-0.25, -0.2) is 13.1 Å². The Morgan fingerprint density at radius 2 is 2.27 bits per heavy atom. The number of nitrogens with one attached hydrogen (secondary N) is 1. The highest BCUT2D eigenvalue weighted by molar-refractivity contribution is 7.91. The lowest BCUT2D eigenvalue weighted by Gasteiger charge is -2.32. The van der Waals surface area contributed by atoms with Gasteiger partial charge in [0.2, 0.25) is 5.91 Å². The third kappa shape index (κ3) is 4.50. The number of carboxylic acid groups (broad SMARTS) is 1. The molecule has 1 aliphatic rings. The molecule has 0 bridgehead atoms. The van der Waals surface area contributed by atoms with E-state index in [0.717, 1.165) is 11.3 Å². The number of hydrogen-bond donors (Lipinski definition) is 2. The number of carbonyl (C=O) groups excluding carboxylic acids is 1. The summed E-state index contributed by atoms with van der Waals surface area (Å²) >= 11 is 1.06. The van der Waals surface area contributed by atoms with Gasteiger partial charge < -0.3 is 14.7 Å². The highest BCUT2D eigenvalue weighted by atomic mass is 32.2. The van der Waals surface area contributed by atoms with Gasteiger partial charge in [0.15, 0.2) is 0 Å². The fourth-order valence-corrected chi connectivity index (χ4v) is 4.03. The van der Waals surface area contributed by atoms with Gasteiger partial charge in [0, 0.05) is 13.1 Å². The Bertz CT molecular complexity index is 628. The van der Waals surface area contributed by atoms with Crippen LogP contribution in [0.2, 0.25) is 0 Å². The Balaban J connectivity index is 1.88. The van der Waals surface area contributed by atoms with Crippen LogP contribution < -0.4 is 4.72 Å². The van der Waals surface area contributed by atoms with Crippen molar-refractivity contribution >= 4 is 33.2 Å². The van der Waals surface area contributed by atoms with E-state index in [4.69, 9.17) is 9.84 Å². The zero-order valence-electron chi connectivity index (χ0n) is 11.6. The second kappa shape index (κ2) is 7.18. The van der Waals surface area contributed by atoms with E-state index in [9.17, 15) is 18.0 Å². The van der Waals surface area contributed by atoms with Crippen molar-refractivity contribution in [3.05, 3.63) is 17.5 Å². The molecule has 1 aromatic rings. The molecular weight excluding hydrogens is 332 g/mol. The normalized spacial score (nSPS) is 19.1. The smallest absolute Gasteiger partial charge is 0.306 e. The first-order chi connectivity index (χ1) is 10.4. The lowest BCUT2D eigenvalue weighted by molar-refractivity contribution is -0.147. The molecule has 2 rings (SSSR count). The van der Waals surface area contributed by atoms with Crippen molar-refractivity contribution in [3.8, 4) is 0 Å². The largest absolute Gasteiger partial charge is 0.481 e. The fraction of sp³-hybridized carbons (Fsp3) is 0.500. The summed E-state index contributed by atoms with van der Waals surface area (Å²) in [6.07, 6.45) is -0.755. The minimum Gasteiger partial charge on any atom is -0.481 e. The summed E-state index contributed by atoms with van der Waals surface area (Å²) in [4.78, 5) is 24.1. The number of aliphatic carboxylic acids is 1. The molecule has 1 amide bonds. The van der Waals surface area contributed by atoms with Crippen molar-refractivity contribution in [1.82, 2.24) is 9.62 Å². The molecule has 22 heavy (non-hydrogen) atoms. The first-order valence-electron chi connectivity index (χ1n) is 6.53. The average Bonchev–Trinajstić information content (AvgIpc) is 2.99. The van der Waals surface area contributed by atoms with Crippen LogP contribution in [0.1, 0.15) is 6.42 Å². The van der Waals surface area contributed by atoms with Crippen molar-refractivity contribution in [2.24, 2.45) is 0 Å². The molecule has 10 heteroatoms. The molecule has 2 heterocycles. The summed E-state index contributed by atoms with van der Waals surface area (Å²) in [6, 6.07) is 3.06. The van der Waals surface area contributed by atoms with Crippen LogP contribution in [0.25, 0.3) is 0 Å². The van der Waals surface area contributed by atoms with E-state index in [1.54, 1.807) is 11.4 Å². The Hall–Kier alpha value is -1.49. The van der Waals surface area contributed by atoms with Gasteiger partial charge in [-0.3, -0.25) is 9.59 Å². The zero-order valence-corrected chi connectivity index (χ0v) is 13.2. The number of thiophene rings is 1. The van der Waals surface area contributed by atoms with Crippen LogP contribution >= 0.6 is 11.3 Å². The van der Waals surface area contributed by atoms with Crippen molar-refractivity contribution in [2.45, 2.75) is 16.7 Å². The molecule has 1 saturated heterocycles. The molecule has 2 N–H and O–H groups in total. The molecule has 1 aromatic heterocycles. The molecule has 0 aliphatic carbocycles. The molecule has 0 saturated carbocycles. The Morgan fingerprint density at radius 1 is 1.50 bits per heavy atom. The minimum atomic E-state index is -3.69. The molecule has 0 spiro atoms. The van der Waals surface area contributed by atoms with Crippen molar-refractivity contribution < 1.29 is 27.9 Å². The summed E-state index contributed by atoms with van der Waals surface area (Å²) < 4.78 is 31.5. The SMILES string of the molecule is O=C(O)CC1CN(C(=O)CNS(=O)(=O)c2cccs2)CCO1. The lowest BCUT2D eigenvalue weighted by Crippen LogP contribution is -2.49. The van der Waals surface area contributed by atoms with Crippen LogP contribution in [0.3, 0.4) is 0 Å². The number of carbonyl (C=O) groups is 2. The molecule has 122 valence electrons. The maximum atomic E-state index is 12.0. The molecule has 0 aromatic carbocycles. The van der Waals surface area contributed by atoms with Gasteiger partial charge in [-0.05, 0) is 11.4 Å². The van der Waals surface area contributed by atoms with E-state index >= 15 is 0 Å². The Morgan fingerprint density at radius 3 is 2.91 bits per heavy atom. The van der Waals surface area contributed by atoms with Crippen LogP contribution in [0, 0.1) is 0 Å². The fourth-order valence-electron chi connectivity index (χ4n) is 2.02. The van der Waals surface area contributed by atoms with Gasteiger partial charge in [0.05, 0.1) is 25.7 Å². The van der Waals surface area contributed by atoms with Gasteiger partial charge >= 0.3 is 5.97 Å². The second-order valence-corrected chi connectivity index (χ2v) is 7.63.